The van der Waals surface area contributed by atoms with Crippen LogP contribution in [0.15, 0.2) is 18.2 Å². The van der Waals surface area contributed by atoms with Gasteiger partial charge < -0.3 is 10.4 Å². The minimum absolute atomic E-state index is 0.293. The Morgan fingerprint density at radius 2 is 2.33 bits per heavy atom. The fourth-order valence-corrected chi connectivity index (χ4v) is 2.64. The van der Waals surface area contributed by atoms with Crippen LogP contribution in [-0.2, 0) is 11.2 Å². The Balaban J connectivity index is 2.26. The van der Waals surface area contributed by atoms with Crippen LogP contribution in [0.1, 0.15) is 18.4 Å². The first-order valence-electron chi connectivity index (χ1n) is 5.92. The van der Waals surface area contributed by atoms with Crippen LogP contribution in [0.5, 0.6) is 0 Å². The third-order valence-electron chi connectivity index (χ3n) is 3.47. The maximum absolute atomic E-state index is 13.0. The molecule has 98 valence electrons. The van der Waals surface area contributed by atoms with E-state index in [1.54, 1.807) is 6.07 Å². The molecule has 2 rings (SSSR count). The Bertz CT molecular complexity index is 458. The van der Waals surface area contributed by atoms with Crippen molar-refractivity contribution in [3.63, 3.8) is 0 Å². The first-order chi connectivity index (χ1) is 8.53. The molecule has 0 bridgehead atoms. The van der Waals surface area contributed by atoms with Gasteiger partial charge in [0.2, 0.25) is 0 Å². The van der Waals surface area contributed by atoms with Gasteiger partial charge in [-0.3, -0.25) is 4.79 Å². The number of aliphatic carboxylic acids is 1. The number of halogens is 2. The average Bonchev–Trinajstić information content (AvgIpc) is 2.34. The number of hydrogen-bond acceptors (Lipinski definition) is 2. The molecule has 18 heavy (non-hydrogen) atoms. The minimum Gasteiger partial charge on any atom is -0.481 e. The molecule has 2 N–H and O–H groups in total. The summed E-state index contributed by atoms with van der Waals surface area (Å²) in [4.78, 5) is 11.5. The van der Waals surface area contributed by atoms with E-state index in [-0.39, 0.29) is 0 Å². The largest absolute Gasteiger partial charge is 0.481 e. The van der Waals surface area contributed by atoms with E-state index in [2.05, 4.69) is 5.32 Å². The van der Waals surface area contributed by atoms with Gasteiger partial charge in [0.1, 0.15) is 5.82 Å². The highest BCUT2D eigenvalue weighted by Gasteiger charge is 2.40. The zero-order chi connectivity index (χ0) is 13.2. The zero-order valence-corrected chi connectivity index (χ0v) is 10.6. The second-order valence-corrected chi connectivity index (χ2v) is 5.19. The molecule has 0 aliphatic carbocycles. The fourth-order valence-electron chi connectivity index (χ4n) is 2.41. The van der Waals surface area contributed by atoms with Crippen LogP contribution < -0.4 is 5.32 Å². The fraction of sp³-hybridized carbons (Fsp3) is 0.462. The topological polar surface area (TPSA) is 49.3 Å². The van der Waals surface area contributed by atoms with Gasteiger partial charge in [-0.1, -0.05) is 17.7 Å². The van der Waals surface area contributed by atoms with Crippen molar-refractivity contribution in [2.75, 3.05) is 13.1 Å². The molecule has 1 heterocycles. The summed E-state index contributed by atoms with van der Waals surface area (Å²) in [5.41, 5.74) is -0.149. The highest BCUT2D eigenvalue weighted by atomic mass is 35.5. The molecule has 1 saturated heterocycles. The van der Waals surface area contributed by atoms with E-state index >= 15 is 0 Å². The van der Waals surface area contributed by atoms with Gasteiger partial charge >= 0.3 is 5.97 Å². The van der Waals surface area contributed by atoms with Gasteiger partial charge in [0.25, 0.3) is 0 Å². The second kappa shape index (κ2) is 5.24. The van der Waals surface area contributed by atoms with E-state index in [0.29, 0.717) is 30.0 Å². The van der Waals surface area contributed by atoms with Gasteiger partial charge in [0.15, 0.2) is 0 Å². The summed E-state index contributed by atoms with van der Waals surface area (Å²) in [6.45, 7) is 1.27. The predicted octanol–water partition coefficient (Wildman–Crippen LogP) is 2.48. The lowest BCUT2D eigenvalue weighted by Crippen LogP contribution is -2.47. The van der Waals surface area contributed by atoms with Crippen LogP contribution in [0, 0.1) is 11.2 Å². The monoisotopic (exact) mass is 271 g/mol. The first-order valence-corrected chi connectivity index (χ1v) is 6.29. The molecule has 0 aromatic heterocycles. The van der Waals surface area contributed by atoms with E-state index < -0.39 is 17.2 Å². The SMILES string of the molecule is O=C(O)C1(Cc2ccc(F)cc2Cl)CCCNC1. The molecule has 0 saturated carbocycles. The normalized spacial score (nSPS) is 23.9. The van der Waals surface area contributed by atoms with Crippen molar-refractivity contribution in [2.24, 2.45) is 5.41 Å². The van der Waals surface area contributed by atoms with Crippen molar-refractivity contribution in [1.82, 2.24) is 5.32 Å². The highest BCUT2D eigenvalue weighted by Crippen LogP contribution is 2.33. The molecule has 0 amide bonds. The summed E-state index contributed by atoms with van der Waals surface area (Å²) >= 11 is 5.96. The lowest BCUT2D eigenvalue weighted by Gasteiger charge is -2.34. The van der Waals surface area contributed by atoms with Crippen LogP contribution in [0.25, 0.3) is 0 Å². The summed E-state index contributed by atoms with van der Waals surface area (Å²) < 4.78 is 13.0. The predicted molar refractivity (Wildman–Crippen MR) is 67.3 cm³/mol. The number of carboxylic acid groups (broad SMARTS) is 1. The second-order valence-electron chi connectivity index (χ2n) is 4.78. The van der Waals surface area contributed by atoms with E-state index in [1.807, 2.05) is 0 Å². The first kappa shape index (κ1) is 13.3. The van der Waals surface area contributed by atoms with E-state index in [4.69, 9.17) is 11.6 Å². The van der Waals surface area contributed by atoms with Crippen LogP contribution in [0.2, 0.25) is 5.02 Å². The number of benzene rings is 1. The number of hydrogen-bond donors (Lipinski definition) is 2. The van der Waals surface area contributed by atoms with Crippen LogP contribution in [-0.4, -0.2) is 24.2 Å². The number of rotatable bonds is 3. The minimum atomic E-state index is -0.834. The average molecular weight is 272 g/mol. The van der Waals surface area contributed by atoms with E-state index in [1.165, 1.54) is 12.1 Å². The Labute approximate surface area is 110 Å². The van der Waals surface area contributed by atoms with E-state index in [9.17, 15) is 14.3 Å². The maximum Gasteiger partial charge on any atom is 0.311 e. The number of piperidine rings is 1. The van der Waals surface area contributed by atoms with Gasteiger partial charge in [-0.2, -0.15) is 0 Å². The molecule has 1 unspecified atom stereocenters. The summed E-state index contributed by atoms with van der Waals surface area (Å²) in [5, 5.41) is 12.8. The standard InChI is InChI=1S/C13H15ClFNO2/c14-11-6-10(15)3-2-9(11)7-13(12(17)18)4-1-5-16-8-13/h2-3,6,16H,1,4-5,7-8H2,(H,17,18). The summed E-state index contributed by atoms with van der Waals surface area (Å²) in [7, 11) is 0. The van der Waals surface area contributed by atoms with E-state index in [0.717, 1.165) is 13.0 Å². The molecule has 1 aliphatic rings. The van der Waals surface area contributed by atoms with Crippen molar-refractivity contribution >= 4 is 17.6 Å². The van der Waals surface area contributed by atoms with Gasteiger partial charge in [0.05, 0.1) is 5.41 Å². The lowest BCUT2D eigenvalue weighted by molar-refractivity contribution is -0.150. The lowest BCUT2D eigenvalue weighted by atomic mass is 9.76. The number of nitrogens with one attached hydrogen (secondary N) is 1. The maximum atomic E-state index is 13.0. The van der Waals surface area contributed by atoms with Crippen LogP contribution in [0.3, 0.4) is 0 Å². The number of carboxylic acids is 1. The molecule has 1 aromatic rings. The smallest absolute Gasteiger partial charge is 0.311 e. The van der Waals surface area contributed by atoms with Gasteiger partial charge in [0, 0.05) is 11.6 Å². The van der Waals surface area contributed by atoms with Crippen LogP contribution >= 0.6 is 11.6 Å². The molecule has 3 nitrogen and oxygen atoms in total. The summed E-state index contributed by atoms with van der Waals surface area (Å²) in [6, 6.07) is 4.10. The molecule has 1 fully saturated rings. The molecule has 1 aromatic carbocycles. The molecular weight excluding hydrogens is 257 g/mol. The van der Waals surface area contributed by atoms with Gasteiger partial charge in [-0.15, -0.1) is 0 Å². The van der Waals surface area contributed by atoms with Crippen molar-refractivity contribution < 1.29 is 14.3 Å². The molecule has 0 radical (unpaired) electrons. The van der Waals surface area contributed by atoms with Gasteiger partial charge in [-0.25, -0.2) is 4.39 Å². The van der Waals surface area contributed by atoms with Crippen molar-refractivity contribution in [3.05, 3.63) is 34.6 Å². The molecule has 1 atom stereocenters. The molecule has 1 aliphatic heterocycles. The molecule has 5 heteroatoms. The third kappa shape index (κ3) is 2.65. The Morgan fingerprint density at radius 1 is 1.56 bits per heavy atom. The molecule has 0 spiro atoms. The Morgan fingerprint density at radius 3 is 2.89 bits per heavy atom. The third-order valence-corrected chi connectivity index (χ3v) is 3.82. The highest BCUT2D eigenvalue weighted by molar-refractivity contribution is 6.31. The van der Waals surface area contributed by atoms with Crippen molar-refractivity contribution in [2.45, 2.75) is 19.3 Å². The van der Waals surface area contributed by atoms with Gasteiger partial charge in [-0.05, 0) is 43.5 Å². The summed E-state index contributed by atoms with van der Waals surface area (Å²) in [5.74, 6) is -1.23. The summed E-state index contributed by atoms with van der Waals surface area (Å²) in [6.07, 6.45) is 1.77. The van der Waals surface area contributed by atoms with Crippen molar-refractivity contribution in [1.29, 1.82) is 0 Å². The quantitative estimate of drug-likeness (QED) is 0.888. The van der Waals surface area contributed by atoms with Crippen molar-refractivity contribution in [3.8, 4) is 0 Å². The van der Waals surface area contributed by atoms with Crippen LogP contribution in [0.4, 0.5) is 4.39 Å². The molecular formula is C13H15ClFNO2. The number of carbonyl (C=O) groups is 1. The Kier molecular flexibility index (Phi) is 3.88. The zero-order valence-electron chi connectivity index (χ0n) is 9.88. The Hall–Kier alpha value is -1.13.